The lowest BCUT2D eigenvalue weighted by molar-refractivity contribution is 0.0628. The molecule has 1 aromatic carbocycles. The zero-order valence-corrected chi connectivity index (χ0v) is 13.6. The average Bonchev–Trinajstić information content (AvgIpc) is 2.43. The second-order valence-corrected chi connectivity index (χ2v) is 5.57. The fourth-order valence-electron chi connectivity index (χ4n) is 3.48. The number of hydrogen-bond donors (Lipinski definition) is 1. The SMILES string of the molecule is CCN(CC)C(CC)(CC)C(N)Cc1cc(F)cc(F)c1. The highest BCUT2D eigenvalue weighted by Gasteiger charge is 2.37. The van der Waals surface area contributed by atoms with E-state index < -0.39 is 11.6 Å². The number of hydrogen-bond acceptors (Lipinski definition) is 2. The van der Waals surface area contributed by atoms with Crippen molar-refractivity contribution in [3.63, 3.8) is 0 Å². The van der Waals surface area contributed by atoms with Crippen LogP contribution < -0.4 is 5.73 Å². The van der Waals surface area contributed by atoms with E-state index in [9.17, 15) is 8.78 Å². The first kappa shape index (κ1) is 18.1. The number of rotatable bonds is 8. The van der Waals surface area contributed by atoms with E-state index >= 15 is 0 Å². The molecule has 0 aromatic heterocycles. The molecule has 1 aromatic rings. The van der Waals surface area contributed by atoms with Crippen LogP contribution in [0.25, 0.3) is 0 Å². The number of halogens is 2. The van der Waals surface area contributed by atoms with E-state index in [0.717, 1.165) is 32.0 Å². The van der Waals surface area contributed by atoms with Gasteiger partial charge >= 0.3 is 0 Å². The lowest BCUT2D eigenvalue weighted by Crippen LogP contribution is -2.60. The maximum absolute atomic E-state index is 13.3. The Morgan fingerprint density at radius 2 is 1.48 bits per heavy atom. The molecular weight excluding hydrogens is 270 g/mol. The first-order chi connectivity index (χ1) is 9.93. The molecule has 0 bridgehead atoms. The maximum Gasteiger partial charge on any atom is 0.126 e. The normalized spacial score (nSPS) is 13.7. The number of likely N-dealkylation sites (N-methyl/N-ethyl adjacent to an activating group) is 1. The minimum Gasteiger partial charge on any atom is -0.326 e. The van der Waals surface area contributed by atoms with Crippen molar-refractivity contribution in [2.45, 2.75) is 58.5 Å². The third-order valence-corrected chi connectivity index (χ3v) is 4.69. The molecule has 1 rings (SSSR count). The van der Waals surface area contributed by atoms with Gasteiger partial charge in [0.1, 0.15) is 11.6 Å². The third kappa shape index (κ3) is 4.01. The summed E-state index contributed by atoms with van der Waals surface area (Å²) >= 11 is 0. The summed E-state index contributed by atoms with van der Waals surface area (Å²) in [6.07, 6.45) is 2.32. The van der Waals surface area contributed by atoms with E-state index in [1.54, 1.807) is 0 Å². The summed E-state index contributed by atoms with van der Waals surface area (Å²) in [6, 6.07) is 3.49. The largest absolute Gasteiger partial charge is 0.326 e. The fraction of sp³-hybridized carbons (Fsp3) is 0.647. The van der Waals surface area contributed by atoms with Crippen LogP contribution in [0.1, 0.15) is 46.1 Å². The smallest absolute Gasteiger partial charge is 0.126 e. The summed E-state index contributed by atoms with van der Waals surface area (Å²) in [5, 5.41) is 0. The molecule has 21 heavy (non-hydrogen) atoms. The van der Waals surface area contributed by atoms with Gasteiger partial charge in [-0.15, -0.1) is 0 Å². The summed E-state index contributed by atoms with van der Waals surface area (Å²) in [5.74, 6) is -1.09. The van der Waals surface area contributed by atoms with Crippen molar-refractivity contribution in [3.8, 4) is 0 Å². The third-order valence-electron chi connectivity index (χ3n) is 4.69. The predicted octanol–water partition coefficient (Wildman–Crippen LogP) is 3.74. The summed E-state index contributed by atoms with van der Waals surface area (Å²) in [6.45, 7) is 10.4. The van der Waals surface area contributed by atoms with Gasteiger partial charge in [-0.1, -0.05) is 27.7 Å². The molecule has 0 fully saturated rings. The van der Waals surface area contributed by atoms with Crippen LogP contribution in [-0.4, -0.2) is 29.6 Å². The highest BCUT2D eigenvalue weighted by molar-refractivity contribution is 5.20. The van der Waals surface area contributed by atoms with Gasteiger partial charge < -0.3 is 5.73 Å². The first-order valence-electron chi connectivity index (χ1n) is 7.89. The second-order valence-electron chi connectivity index (χ2n) is 5.57. The molecule has 1 unspecified atom stereocenters. The fourth-order valence-corrected chi connectivity index (χ4v) is 3.48. The summed E-state index contributed by atoms with van der Waals surface area (Å²) in [4.78, 5) is 2.37. The number of nitrogens with zero attached hydrogens (tertiary/aromatic N) is 1. The standard InChI is InChI=1S/C17H28F2N2/c1-5-17(6-2,21(7-3)8-4)16(20)11-13-9-14(18)12-15(19)10-13/h9-10,12,16H,5-8,11,20H2,1-4H3. The molecule has 0 spiro atoms. The van der Waals surface area contributed by atoms with Crippen molar-refractivity contribution >= 4 is 0 Å². The first-order valence-corrected chi connectivity index (χ1v) is 7.89. The Balaban J connectivity index is 3.03. The summed E-state index contributed by atoms with van der Waals surface area (Å²) in [7, 11) is 0. The zero-order valence-electron chi connectivity index (χ0n) is 13.6. The quantitative estimate of drug-likeness (QED) is 0.792. The topological polar surface area (TPSA) is 29.3 Å². The van der Waals surface area contributed by atoms with Gasteiger partial charge in [0, 0.05) is 17.6 Å². The van der Waals surface area contributed by atoms with Crippen molar-refractivity contribution < 1.29 is 8.78 Å². The highest BCUT2D eigenvalue weighted by Crippen LogP contribution is 2.29. The Labute approximate surface area is 127 Å². The van der Waals surface area contributed by atoms with Crippen molar-refractivity contribution in [3.05, 3.63) is 35.4 Å². The molecule has 0 saturated heterocycles. The van der Waals surface area contributed by atoms with Crippen LogP contribution in [0.15, 0.2) is 18.2 Å². The van der Waals surface area contributed by atoms with Crippen LogP contribution in [0.2, 0.25) is 0 Å². The van der Waals surface area contributed by atoms with E-state index in [4.69, 9.17) is 5.73 Å². The monoisotopic (exact) mass is 298 g/mol. The van der Waals surface area contributed by atoms with E-state index in [2.05, 4.69) is 32.6 Å². The Bertz CT molecular complexity index is 420. The predicted molar refractivity (Wildman–Crippen MR) is 84.3 cm³/mol. The van der Waals surface area contributed by atoms with Gasteiger partial charge in [-0.05, 0) is 50.0 Å². The minimum absolute atomic E-state index is 0.133. The van der Waals surface area contributed by atoms with E-state index in [1.165, 1.54) is 12.1 Å². The van der Waals surface area contributed by atoms with Crippen molar-refractivity contribution in [1.82, 2.24) is 4.90 Å². The maximum atomic E-state index is 13.3. The molecule has 1 atom stereocenters. The average molecular weight is 298 g/mol. The van der Waals surface area contributed by atoms with Gasteiger partial charge in [-0.2, -0.15) is 0 Å². The summed E-state index contributed by atoms with van der Waals surface area (Å²) in [5.41, 5.74) is 6.96. The highest BCUT2D eigenvalue weighted by atomic mass is 19.1. The Morgan fingerprint density at radius 1 is 1.00 bits per heavy atom. The van der Waals surface area contributed by atoms with Gasteiger partial charge in [-0.3, -0.25) is 4.90 Å². The lowest BCUT2D eigenvalue weighted by atomic mass is 9.80. The Morgan fingerprint density at radius 3 is 1.86 bits per heavy atom. The molecule has 0 heterocycles. The molecule has 0 aliphatic heterocycles. The molecule has 0 saturated carbocycles. The van der Waals surface area contributed by atoms with Crippen molar-refractivity contribution in [1.29, 1.82) is 0 Å². The van der Waals surface area contributed by atoms with E-state index in [0.29, 0.717) is 12.0 Å². The number of benzene rings is 1. The molecule has 0 amide bonds. The molecule has 2 N–H and O–H groups in total. The van der Waals surface area contributed by atoms with Gasteiger partial charge in [0.25, 0.3) is 0 Å². The van der Waals surface area contributed by atoms with Gasteiger partial charge in [-0.25, -0.2) is 8.78 Å². The molecule has 2 nitrogen and oxygen atoms in total. The van der Waals surface area contributed by atoms with Crippen LogP contribution in [0.4, 0.5) is 8.78 Å². The van der Waals surface area contributed by atoms with Crippen molar-refractivity contribution in [2.75, 3.05) is 13.1 Å². The van der Waals surface area contributed by atoms with E-state index in [1.807, 2.05) is 0 Å². The minimum atomic E-state index is -0.543. The van der Waals surface area contributed by atoms with Crippen LogP contribution in [-0.2, 0) is 6.42 Å². The van der Waals surface area contributed by atoms with Gasteiger partial charge in [0.15, 0.2) is 0 Å². The Kier molecular flexibility index (Phi) is 6.75. The van der Waals surface area contributed by atoms with Gasteiger partial charge in [0.05, 0.1) is 0 Å². The molecular formula is C17H28F2N2. The Hall–Kier alpha value is -1.00. The van der Waals surface area contributed by atoms with Crippen molar-refractivity contribution in [2.24, 2.45) is 5.73 Å². The molecule has 0 radical (unpaired) electrons. The molecule has 4 heteroatoms. The van der Waals surface area contributed by atoms with Crippen LogP contribution in [0, 0.1) is 11.6 Å². The van der Waals surface area contributed by atoms with E-state index in [-0.39, 0.29) is 11.6 Å². The van der Waals surface area contributed by atoms with Crippen LogP contribution in [0.3, 0.4) is 0 Å². The molecule has 0 aliphatic rings. The lowest BCUT2D eigenvalue weighted by Gasteiger charge is -2.46. The second kappa shape index (κ2) is 7.85. The molecule has 0 aliphatic carbocycles. The summed E-state index contributed by atoms with van der Waals surface area (Å²) < 4.78 is 26.7. The van der Waals surface area contributed by atoms with Gasteiger partial charge in [0.2, 0.25) is 0 Å². The van der Waals surface area contributed by atoms with Crippen LogP contribution in [0.5, 0.6) is 0 Å². The molecule has 120 valence electrons. The number of nitrogens with two attached hydrogens (primary N) is 1. The van der Waals surface area contributed by atoms with Crippen LogP contribution >= 0.6 is 0 Å². The zero-order chi connectivity index (χ0) is 16.0.